The number of carbonyl (C=O) groups excluding carboxylic acids is 3. The molecule has 1 aromatic heterocycles. The summed E-state index contributed by atoms with van der Waals surface area (Å²) in [5.41, 5.74) is 8.35. The van der Waals surface area contributed by atoms with Crippen molar-refractivity contribution >= 4 is 56.2 Å². The highest BCUT2D eigenvalue weighted by atomic mass is 32.2. The van der Waals surface area contributed by atoms with Crippen LogP contribution in [0, 0.1) is 0 Å². The Balaban J connectivity index is 2.35. The molecule has 1 aliphatic heterocycles. The summed E-state index contributed by atoms with van der Waals surface area (Å²) >= 11 is 0.938. The van der Waals surface area contributed by atoms with Crippen LogP contribution in [0.4, 0.5) is 5.13 Å². The number of aromatic nitrogens is 1. The van der Waals surface area contributed by atoms with Crippen molar-refractivity contribution in [3.63, 3.8) is 0 Å². The van der Waals surface area contributed by atoms with Crippen molar-refractivity contribution in [2.24, 2.45) is 10.9 Å². The number of hydrogen-bond acceptors (Lipinski definition) is 12. The van der Waals surface area contributed by atoms with Crippen LogP contribution >= 0.6 is 11.3 Å². The minimum atomic E-state index is -5.00. The Morgan fingerprint density at radius 2 is 2.03 bits per heavy atom. The number of oxime groups is 1. The Morgan fingerprint density at radius 1 is 1.41 bits per heavy atom. The largest absolute Gasteiger partial charge is 0.478 e. The number of carboxylic acid groups (broad SMARTS) is 1. The number of carboxylic acids is 1. The fourth-order valence-electron chi connectivity index (χ4n) is 2.69. The topological polar surface area (TPSA) is 248 Å². The number of carbonyl (C=O) groups is 4. The third-order valence-electron chi connectivity index (χ3n) is 4.63. The first-order valence-corrected chi connectivity index (χ1v) is 11.6. The zero-order chi connectivity index (χ0) is 26.0. The second-order valence-corrected chi connectivity index (χ2v) is 9.71. The number of likely N-dealkylation sites (N-methyl/N-ethyl adjacent to an activating group) is 1. The van der Waals surface area contributed by atoms with Crippen LogP contribution in [0.1, 0.15) is 19.5 Å². The molecule has 0 spiro atoms. The van der Waals surface area contributed by atoms with Gasteiger partial charge in [-0.05, 0) is 13.8 Å². The van der Waals surface area contributed by atoms with E-state index in [1.54, 1.807) is 0 Å². The molecule has 7 N–H and O–H groups in total. The van der Waals surface area contributed by atoms with Crippen molar-refractivity contribution in [3.8, 4) is 0 Å². The van der Waals surface area contributed by atoms with Gasteiger partial charge in [-0.15, -0.1) is 11.3 Å². The van der Waals surface area contributed by atoms with E-state index in [2.05, 4.69) is 15.5 Å². The van der Waals surface area contributed by atoms with E-state index >= 15 is 0 Å². The highest BCUT2D eigenvalue weighted by Crippen LogP contribution is 2.25. The lowest BCUT2D eigenvalue weighted by atomic mass is 9.97. The van der Waals surface area contributed by atoms with E-state index in [-0.39, 0.29) is 15.1 Å². The molecule has 0 saturated carbocycles. The highest BCUT2D eigenvalue weighted by molar-refractivity contribution is 7.84. The molecule has 2 atom stereocenters. The summed E-state index contributed by atoms with van der Waals surface area (Å²) in [6.07, 6.45) is 0. The Kier molecular flexibility index (Phi) is 7.81. The molecule has 0 aromatic carbocycles. The van der Waals surface area contributed by atoms with Gasteiger partial charge >= 0.3 is 16.3 Å². The number of nitrogens with one attached hydrogen (secondary N) is 1. The first-order chi connectivity index (χ1) is 15.6. The molecule has 34 heavy (non-hydrogen) atoms. The van der Waals surface area contributed by atoms with E-state index < -0.39 is 70.5 Å². The van der Waals surface area contributed by atoms with Crippen LogP contribution in [0.25, 0.3) is 0 Å². The highest BCUT2D eigenvalue weighted by Gasteiger charge is 2.54. The van der Waals surface area contributed by atoms with Gasteiger partial charge in [0.05, 0.1) is 12.6 Å². The smallest absolute Gasteiger partial charge is 0.362 e. The number of nitrogen functional groups attached to an aromatic ring is 1. The maximum Gasteiger partial charge on any atom is 0.362 e. The molecule has 0 bridgehead atoms. The minimum Gasteiger partial charge on any atom is -0.478 e. The zero-order valence-electron chi connectivity index (χ0n) is 18.2. The second-order valence-electron chi connectivity index (χ2n) is 7.53. The molecule has 0 unspecified atom stereocenters. The van der Waals surface area contributed by atoms with Crippen molar-refractivity contribution in [2.75, 3.05) is 25.9 Å². The number of nitrogens with zero attached hydrogens (tertiary/aromatic N) is 4. The summed E-state index contributed by atoms with van der Waals surface area (Å²) < 4.78 is 32.7. The average Bonchev–Trinajstić information content (AvgIpc) is 3.15. The summed E-state index contributed by atoms with van der Waals surface area (Å²) in [5.74, 6) is -4.25. The average molecular weight is 522 g/mol. The molecule has 0 radical (unpaired) electrons. The molecule has 16 nitrogen and oxygen atoms in total. The van der Waals surface area contributed by atoms with Gasteiger partial charge in [0.15, 0.2) is 10.8 Å². The van der Waals surface area contributed by atoms with E-state index in [1.165, 1.54) is 26.3 Å². The molecule has 188 valence electrons. The first-order valence-electron chi connectivity index (χ1n) is 9.36. The molecular formula is C16H23N7O9S2. The van der Waals surface area contributed by atoms with Crippen LogP contribution in [0.15, 0.2) is 10.5 Å². The van der Waals surface area contributed by atoms with Crippen LogP contribution in [0.5, 0.6) is 0 Å². The van der Waals surface area contributed by atoms with Crippen LogP contribution < -0.4 is 16.8 Å². The third kappa shape index (κ3) is 5.76. The summed E-state index contributed by atoms with van der Waals surface area (Å²) in [7, 11) is -3.72. The number of amides is 3. The van der Waals surface area contributed by atoms with Crippen LogP contribution in [0.3, 0.4) is 0 Å². The lowest BCUT2D eigenvalue weighted by molar-refractivity contribution is -0.161. The monoisotopic (exact) mass is 521 g/mol. The summed E-state index contributed by atoms with van der Waals surface area (Å²) in [5, 5.41) is 16.4. The van der Waals surface area contributed by atoms with Crippen molar-refractivity contribution in [1.29, 1.82) is 0 Å². The maximum atomic E-state index is 12.9. The molecule has 1 fully saturated rings. The van der Waals surface area contributed by atoms with Gasteiger partial charge in [-0.2, -0.15) is 8.42 Å². The lowest BCUT2D eigenvalue weighted by Crippen LogP contribution is -2.74. The summed E-state index contributed by atoms with van der Waals surface area (Å²) in [6.45, 7) is 1.54. The van der Waals surface area contributed by atoms with Gasteiger partial charge < -0.3 is 31.6 Å². The van der Waals surface area contributed by atoms with E-state index in [1.807, 2.05) is 0 Å². The van der Waals surface area contributed by atoms with E-state index in [0.717, 1.165) is 16.2 Å². The summed E-state index contributed by atoms with van der Waals surface area (Å²) in [6, 6.07) is -2.87. The Morgan fingerprint density at radius 3 is 2.50 bits per heavy atom. The quantitative estimate of drug-likeness (QED) is 0.0908. The number of thiazole rings is 1. The number of aliphatic carboxylic acids is 1. The molecule has 1 saturated heterocycles. The fourth-order valence-corrected chi connectivity index (χ4v) is 4.11. The van der Waals surface area contributed by atoms with Gasteiger partial charge in [0.1, 0.15) is 11.7 Å². The standard InChI is InChI=1S/C16H23N7O9S2/c1-16(2,14(27)28)32-21-10(7-6-33-15(18)19-7)12(25)20-11-8(5-22(3)9(24)4-17)23(13(11)26)34(29,30)31/h6,8,11H,4-5,17H2,1-3H3,(H2,18,19)(H,20,25)(H,27,28)(H,29,30,31)/b21-10-/t8-,11+/m1/s1. The van der Waals surface area contributed by atoms with E-state index in [4.69, 9.17) is 16.3 Å². The predicted octanol–water partition coefficient (Wildman–Crippen LogP) is -2.78. The van der Waals surface area contributed by atoms with Crippen LogP contribution in [0.2, 0.25) is 0 Å². The molecule has 1 aromatic rings. The van der Waals surface area contributed by atoms with Gasteiger partial charge in [0.2, 0.25) is 11.5 Å². The van der Waals surface area contributed by atoms with Crippen LogP contribution in [-0.2, 0) is 34.3 Å². The van der Waals surface area contributed by atoms with Crippen LogP contribution in [-0.4, -0.2) is 99.5 Å². The normalized spacial score (nSPS) is 18.8. The molecule has 3 amide bonds. The Labute approximate surface area is 197 Å². The number of hydrogen-bond donors (Lipinski definition) is 5. The van der Waals surface area contributed by atoms with Crippen molar-refractivity contribution in [1.82, 2.24) is 19.5 Å². The van der Waals surface area contributed by atoms with Gasteiger partial charge in [-0.1, -0.05) is 5.16 Å². The van der Waals surface area contributed by atoms with Gasteiger partial charge in [-0.25, -0.2) is 14.1 Å². The number of β-lactam (4-membered cyclic amide) rings is 1. The zero-order valence-corrected chi connectivity index (χ0v) is 19.8. The SMILES string of the molecule is CN(C[C@@H]1[C@H](NC(=O)/C(=N\OC(C)(C)C(=O)O)c2csc(N)n2)C(=O)N1S(=O)(=O)O)C(=O)CN. The lowest BCUT2D eigenvalue weighted by Gasteiger charge is -2.45. The van der Waals surface area contributed by atoms with E-state index in [0.29, 0.717) is 0 Å². The molecule has 2 rings (SSSR count). The van der Waals surface area contributed by atoms with E-state index in [9.17, 15) is 37.3 Å². The third-order valence-corrected chi connectivity index (χ3v) is 6.25. The van der Waals surface area contributed by atoms with Gasteiger partial charge in [0.25, 0.3) is 11.8 Å². The number of rotatable bonds is 10. The minimum absolute atomic E-state index is 0.0464. The van der Waals surface area contributed by atoms with Gasteiger partial charge in [0, 0.05) is 19.0 Å². The molecule has 18 heteroatoms. The van der Waals surface area contributed by atoms with Crippen molar-refractivity contribution in [3.05, 3.63) is 11.1 Å². The number of nitrogens with two attached hydrogens (primary N) is 2. The Hall–Kier alpha value is -3.35. The molecule has 0 aliphatic carbocycles. The second kappa shape index (κ2) is 9.87. The van der Waals surface area contributed by atoms with Crippen molar-refractivity contribution < 1.29 is 42.1 Å². The fraction of sp³-hybridized carbons (Fsp3) is 0.500. The molecule has 1 aliphatic rings. The summed E-state index contributed by atoms with van der Waals surface area (Å²) in [4.78, 5) is 58.3. The van der Waals surface area contributed by atoms with Gasteiger partial charge in [-0.3, -0.25) is 18.9 Å². The predicted molar refractivity (Wildman–Crippen MR) is 117 cm³/mol. The Bertz CT molecular complexity index is 1130. The molecular weight excluding hydrogens is 498 g/mol. The first kappa shape index (κ1) is 26.9. The number of anilines is 1. The maximum absolute atomic E-state index is 12.9. The molecule has 2 heterocycles. The van der Waals surface area contributed by atoms with Crippen molar-refractivity contribution in [2.45, 2.75) is 31.5 Å².